The summed E-state index contributed by atoms with van der Waals surface area (Å²) in [5, 5.41) is 0. The summed E-state index contributed by atoms with van der Waals surface area (Å²) >= 11 is 0. The number of allylic oxidation sites excluding steroid dienone is 1. The molecule has 0 bridgehead atoms. The highest BCUT2D eigenvalue weighted by Crippen LogP contribution is 2.58. The Morgan fingerprint density at radius 2 is 1.79 bits per heavy atom. The predicted octanol–water partition coefficient (Wildman–Crippen LogP) is 4.52. The zero-order valence-electron chi connectivity index (χ0n) is 20.7. The number of carbonyl (C=O) groups excluding carboxylic acids is 1. The molecule has 0 aromatic heterocycles. The Morgan fingerprint density at radius 3 is 2.39 bits per heavy atom. The number of benzene rings is 1. The van der Waals surface area contributed by atoms with Gasteiger partial charge in [0.05, 0.1) is 18.6 Å². The molecule has 1 aromatic carbocycles. The standard InChI is InChI=1S/C27H38O6/c1-18(2)24(32-17-19-10-8-7-9-11-19)26(29-4)16-20-12-14-25(3)15-13-21(28)27(30-5,31-6)23(25)22(20)33-26/h7-12,14,18,20,22-24H,13,15-17H2,1-6H3/t20-,22+,23-,24-,25-,26-/m1/s1. The molecule has 0 unspecified atom stereocenters. The highest BCUT2D eigenvalue weighted by molar-refractivity contribution is 5.87. The summed E-state index contributed by atoms with van der Waals surface area (Å²) in [6, 6.07) is 10.1. The smallest absolute Gasteiger partial charge is 0.234 e. The molecule has 33 heavy (non-hydrogen) atoms. The van der Waals surface area contributed by atoms with Crippen LogP contribution in [0.3, 0.4) is 0 Å². The van der Waals surface area contributed by atoms with E-state index in [1.807, 2.05) is 18.2 Å². The first-order chi connectivity index (χ1) is 15.7. The van der Waals surface area contributed by atoms with Crippen molar-refractivity contribution in [2.45, 2.75) is 70.4 Å². The van der Waals surface area contributed by atoms with Gasteiger partial charge >= 0.3 is 0 Å². The van der Waals surface area contributed by atoms with E-state index in [1.165, 1.54) is 0 Å². The van der Waals surface area contributed by atoms with E-state index in [2.05, 4.69) is 45.1 Å². The Kier molecular flexibility index (Phi) is 6.87. The first-order valence-corrected chi connectivity index (χ1v) is 12.0. The summed E-state index contributed by atoms with van der Waals surface area (Å²) in [6.07, 6.45) is 5.71. The Hall–Kier alpha value is -1.57. The van der Waals surface area contributed by atoms with Crippen LogP contribution < -0.4 is 0 Å². The van der Waals surface area contributed by atoms with Gasteiger partial charge in [0.2, 0.25) is 5.79 Å². The summed E-state index contributed by atoms with van der Waals surface area (Å²) in [4.78, 5) is 13.1. The molecular formula is C27H38O6. The second-order valence-corrected chi connectivity index (χ2v) is 10.3. The summed E-state index contributed by atoms with van der Waals surface area (Å²) in [6.45, 7) is 6.90. The van der Waals surface area contributed by atoms with E-state index in [4.69, 9.17) is 23.7 Å². The highest BCUT2D eigenvalue weighted by atomic mass is 16.7. The molecule has 0 amide bonds. The van der Waals surface area contributed by atoms with Gasteiger partial charge in [-0.3, -0.25) is 4.79 Å². The molecule has 1 saturated heterocycles. The summed E-state index contributed by atoms with van der Waals surface area (Å²) < 4.78 is 31.1. The molecule has 2 fully saturated rings. The van der Waals surface area contributed by atoms with Crippen molar-refractivity contribution < 1.29 is 28.5 Å². The van der Waals surface area contributed by atoms with Gasteiger partial charge in [-0.15, -0.1) is 0 Å². The maximum absolute atomic E-state index is 13.1. The summed E-state index contributed by atoms with van der Waals surface area (Å²) in [5.41, 5.74) is 0.830. The third-order valence-electron chi connectivity index (χ3n) is 7.99. The largest absolute Gasteiger partial charge is 0.368 e. The summed E-state index contributed by atoms with van der Waals surface area (Å²) in [5.74, 6) is -2.34. The number of Topliss-reactive ketones (excluding diaryl/α,β-unsaturated/α-hetero) is 1. The van der Waals surface area contributed by atoms with Gasteiger partial charge in [-0.05, 0) is 23.3 Å². The fourth-order valence-corrected chi connectivity index (χ4v) is 6.33. The second kappa shape index (κ2) is 9.23. The molecule has 1 heterocycles. The van der Waals surface area contributed by atoms with Gasteiger partial charge in [-0.2, -0.15) is 0 Å². The van der Waals surface area contributed by atoms with E-state index >= 15 is 0 Å². The van der Waals surface area contributed by atoms with Gasteiger partial charge in [-0.25, -0.2) is 0 Å². The Balaban J connectivity index is 1.66. The third kappa shape index (κ3) is 4.00. The van der Waals surface area contributed by atoms with E-state index in [0.717, 1.165) is 12.0 Å². The minimum Gasteiger partial charge on any atom is -0.368 e. The van der Waals surface area contributed by atoms with Crippen molar-refractivity contribution in [3.63, 3.8) is 0 Å². The van der Waals surface area contributed by atoms with Gasteiger partial charge in [0.15, 0.2) is 11.6 Å². The maximum atomic E-state index is 13.1. The lowest BCUT2D eigenvalue weighted by Gasteiger charge is -2.54. The van der Waals surface area contributed by atoms with Crippen molar-refractivity contribution in [3.05, 3.63) is 48.0 Å². The van der Waals surface area contributed by atoms with Crippen LogP contribution in [0.2, 0.25) is 0 Å². The van der Waals surface area contributed by atoms with E-state index in [1.54, 1.807) is 21.3 Å². The zero-order chi connectivity index (χ0) is 23.9. The third-order valence-corrected chi connectivity index (χ3v) is 7.99. The SMILES string of the molecule is COC1(OC)C(=O)CC[C@@]2(C)C=C[C@@H]3C[C@](OC)([C@H](OCc4ccccc4)C(C)C)O[C@@H]3[C@@H]12. The molecule has 1 saturated carbocycles. The number of carbonyl (C=O) groups is 1. The van der Waals surface area contributed by atoms with E-state index in [9.17, 15) is 4.79 Å². The van der Waals surface area contributed by atoms with Gasteiger partial charge in [0.25, 0.3) is 0 Å². The van der Waals surface area contributed by atoms with Crippen molar-refractivity contribution in [1.82, 2.24) is 0 Å². The molecule has 182 valence electrons. The van der Waals surface area contributed by atoms with Crippen LogP contribution in [0.25, 0.3) is 0 Å². The first kappa shape index (κ1) is 24.6. The Labute approximate surface area is 197 Å². The molecule has 1 aliphatic heterocycles. The lowest BCUT2D eigenvalue weighted by Crippen LogP contribution is -2.64. The molecule has 0 spiro atoms. The minimum atomic E-state index is -1.33. The Morgan fingerprint density at radius 1 is 1.09 bits per heavy atom. The van der Waals surface area contributed by atoms with Crippen molar-refractivity contribution in [1.29, 1.82) is 0 Å². The number of fused-ring (bicyclic) bond motifs is 3. The molecule has 0 N–H and O–H groups in total. The normalized spacial score (nSPS) is 36.0. The van der Waals surface area contributed by atoms with Gasteiger partial charge in [-0.1, -0.05) is 63.3 Å². The molecule has 6 heteroatoms. The molecule has 4 rings (SSSR count). The minimum absolute atomic E-state index is 0.0247. The number of methoxy groups -OCH3 is 3. The molecule has 3 aliphatic rings. The predicted molar refractivity (Wildman–Crippen MR) is 124 cm³/mol. The average Bonchev–Trinajstić information content (AvgIpc) is 3.20. The monoisotopic (exact) mass is 458 g/mol. The van der Waals surface area contributed by atoms with Crippen LogP contribution in [0.15, 0.2) is 42.5 Å². The van der Waals surface area contributed by atoms with Crippen LogP contribution >= 0.6 is 0 Å². The average molecular weight is 459 g/mol. The highest BCUT2D eigenvalue weighted by Gasteiger charge is 2.67. The molecule has 1 aromatic rings. The van der Waals surface area contributed by atoms with Crippen LogP contribution in [0.1, 0.15) is 45.6 Å². The maximum Gasteiger partial charge on any atom is 0.234 e. The topological polar surface area (TPSA) is 63.2 Å². The molecule has 0 radical (unpaired) electrons. The van der Waals surface area contributed by atoms with Crippen LogP contribution in [0, 0.1) is 23.2 Å². The van der Waals surface area contributed by atoms with E-state index in [-0.39, 0.29) is 41.2 Å². The number of rotatable bonds is 8. The van der Waals surface area contributed by atoms with Gasteiger partial charge in [0.1, 0.15) is 6.10 Å². The molecule has 6 atom stereocenters. The van der Waals surface area contributed by atoms with Crippen LogP contribution in [0.5, 0.6) is 0 Å². The van der Waals surface area contributed by atoms with Gasteiger partial charge in [0, 0.05) is 40.1 Å². The number of ketones is 1. The quantitative estimate of drug-likeness (QED) is 0.422. The fraction of sp³-hybridized carbons (Fsp3) is 0.667. The van der Waals surface area contributed by atoms with E-state index in [0.29, 0.717) is 19.4 Å². The van der Waals surface area contributed by atoms with Crippen molar-refractivity contribution in [2.24, 2.45) is 23.2 Å². The van der Waals surface area contributed by atoms with Crippen molar-refractivity contribution >= 4 is 5.78 Å². The fourth-order valence-electron chi connectivity index (χ4n) is 6.33. The van der Waals surface area contributed by atoms with Crippen LogP contribution in [-0.2, 0) is 35.1 Å². The number of hydrogen-bond donors (Lipinski definition) is 0. The molecule has 6 nitrogen and oxygen atoms in total. The first-order valence-electron chi connectivity index (χ1n) is 12.0. The summed E-state index contributed by atoms with van der Waals surface area (Å²) in [7, 11) is 4.80. The van der Waals surface area contributed by atoms with Crippen LogP contribution in [-0.4, -0.2) is 50.9 Å². The van der Waals surface area contributed by atoms with Crippen molar-refractivity contribution in [2.75, 3.05) is 21.3 Å². The van der Waals surface area contributed by atoms with Crippen LogP contribution in [0.4, 0.5) is 0 Å². The number of hydrogen-bond acceptors (Lipinski definition) is 6. The lowest BCUT2D eigenvalue weighted by atomic mass is 9.57. The van der Waals surface area contributed by atoms with E-state index < -0.39 is 11.6 Å². The van der Waals surface area contributed by atoms with Gasteiger partial charge < -0.3 is 23.7 Å². The number of ether oxygens (including phenoxy) is 5. The lowest BCUT2D eigenvalue weighted by molar-refractivity contribution is -0.316. The zero-order valence-corrected chi connectivity index (χ0v) is 20.7. The molecular weight excluding hydrogens is 420 g/mol. The Bertz CT molecular complexity index is 863. The van der Waals surface area contributed by atoms with Crippen molar-refractivity contribution in [3.8, 4) is 0 Å². The second-order valence-electron chi connectivity index (χ2n) is 10.3. The molecule has 2 aliphatic carbocycles.